The van der Waals surface area contributed by atoms with Crippen LogP contribution in [0.2, 0.25) is 0 Å². The molecule has 6 heteroatoms. The van der Waals surface area contributed by atoms with Crippen molar-refractivity contribution < 1.29 is 4.79 Å². The zero-order chi connectivity index (χ0) is 14.7. The predicted molar refractivity (Wildman–Crippen MR) is 83.1 cm³/mol. The molecule has 0 unspecified atom stereocenters. The molecule has 5 nitrogen and oxygen atoms in total. The van der Waals surface area contributed by atoms with Crippen LogP contribution in [0.15, 0.2) is 36.0 Å². The number of hydrogen-bond donors (Lipinski definition) is 1. The van der Waals surface area contributed by atoms with Crippen LogP contribution in [-0.4, -0.2) is 33.4 Å². The third kappa shape index (κ3) is 3.11. The van der Waals surface area contributed by atoms with E-state index in [9.17, 15) is 4.79 Å². The molecule has 2 aromatic heterocycles. The molecule has 21 heavy (non-hydrogen) atoms. The number of rotatable bonds is 4. The lowest BCUT2D eigenvalue weighted by Crippen LogP contribution is -2.41. The fourth-order valence-electron chi connectivity index (χ4n) is 2.77. The first-order chi connectivity index (χ1) is 10.3. The highest BCUT2D eigenvalue weighted by molar-refractivity contribution is 7.10. The highest BCUT2D eigenvalue weighted by Crippen LogP contribution is 2.35. The largest absolute Gasteiger partial charge is 0.293 e. The number of hydrogen-bond acceptors (Lipinski definition) is 5. The Morgan fingerprint density at radius 2 is 2.24 bits per heavy atom. The molecule has 1 aliphatic heterocycles. The lowest BCUT2D eigenvalue weighted by atomic mass is 10.1. The third-order valence-corrected chi connectivity index (χ3v) is 4.82. The minimum absolute atomic E-state index is 0.0512. The molecule has 3 heterocycles. The maximum absolute atomic E-state index is 12.4. The zero-order valence-corrected chi connectivity index (χ0v) is 12.7. The van der Waals surface area contributed by atoms with E-state index >= 15 is 0 Å². The Labute approximate surface area is 128 Å². The number of anilines is 1. The fraction of sp³-hybridized carbons (Fsp3) is 0.400. The van der Waals surface area contributed by atoms with E-state index < -0.39 is 0 Å². The molecule has 2 atom stereocenters. The van der Waals surface area contributed by atoms with Crippen LogP contribution >= 0.6 is 11.3 Å². The quantitative estimate of drug-likeness (QED) is 0.943. The molecule has 1 aliphatic rings. The minimum Gasteiger partial charge on any atom is -0.293 e. The molecule has 0 saturated carbocycles. The summed E-state index contributed by atoms with van der Waals surface area (Å²) in [5, 5.41) is 4.88. The molecule has 0 aromatic carbocycles. The molecule has 110 valence electrons. The van der Waals surface area contributed by atoms with Crippen LogP contribution in [0, 0.1) is 0 Å². The van der Waals surface area contributed by atoms with Crippen molar-refractivity contribution >= 4 is 23.2 Å². The van der Waals surface area contributed by atoms with Gasteiger partial charge < -0.3 is 0 Å². The Morgan fingerprint density at radius 3 is 2.95 bits per heavy atom. The van der Waals surface area contributed by atoms with Crippen LogP contribution in [-0.2, 0) is 4.79 Å². The molecular weight excluding hydrogens is 284 g/mol. The number of nitrogens with one attached hydrogen (secondary N) is 1. The SMILES string of the molecule is C[C@H](C(=O)Nc1ncccn1)N1CCC[C@H]1c1cccs1. The number of amides is 1. The van der Waals surface area contributed by atoms with Gasteiger partial charge in [-0.25, -0.2) is 9.97 Å². The Balaban J connectivity index is 1.69. The van der Waals surface area contributed by atoms with E-state index in [2.05, 4.69) is 37.7 Å². The number of likely N-dealkylation sites (tertiary alicyclic amines) is 1. The topological polar surface area (TPSA) is 58.1 Å². The zero-order valence-electron chi connectivity index (χ0n) is 11.9. The number of carbonyl (C=O) groups is 1. The van der Waals surface area contributed by atoms with Crippen molar-refractivity contribution in [3.05, 3.63) is 40.8 Å². The van der Waals surface area contributed by atoms with Gasteiger partial charge >= 0.3 is 0 Å². The van der Waals surface area contributed by atoms with Crippen molar-refractivity contribution in [1.29, 1.82) is 0 Å². The van der Waals surface area contributed by atoms with Crippen molar-refractivity contribution in [2.24, 2.45) is 0 Å². The normalized spacial score (nSPS) is 20.3. The molecule has 0 spiro atoms. The van der Waals surface area contributed by atoms with Gasteiger partial charge in [-0.05, 0) is 43.8 Å². The van der Waals surface area contributed by atoms with Crippen molar-refractivity contribution in [3.8, 4) is 0 Å². The van der Waals surface area contributed by atoms with Gasteiger partial charge in [-0.1, -0.05) is 6.07 Å². The lowest BCUT2D eigenvalue weighted by Gasteiger charge is -2.29. The Hall–Kier alpha value is -1.79. The van der Waals surface area contributed by atoms with Gasteiger partial charge in [0.1, 0.15) is 0 Å². The summed E-state index contributed by atoms with van der Waals surface area (Å²) in [6.07, 6.45) is 5.48. The van der Waals surface area contributed by atoms with Crippen molar-refractivity contribution in [1.82, 2.24) is 14.9 Å². The van der Waals surface area contributed by atoms with Crippen LogP contribution in [0.5, 0.6) is 0 Å². The van der Waals surface area contributed by atoms with Gasteiger partial charge in [-0.3, -0.25) is 15.0 Å². The van der Waals surface area contributed by atoms with Gasteiger partial charge in [-0.2, -0.15) is 0 Å². The van der Waals surface area contributed by atoms with E-state index in [1.54, 1.807) is 29.8 Å². The summed E-state index contributed by atoms with van der Waals surface area (Å²) in [4.78, 5) is 24.1. The molecule has 0 radical (unpaired) electrons. The Kier molecular flexibility index (Phi) is 4.26. The van der Waals surface area contributed by atoms with Gasteiger partial charge in [-0.15, -0.1) is 11.3 Å². The van der Waals surface area contributed by atoms with Gasteiger partial charge in [0.05, 0.1) is 6.04 Å². The monoisotopic (exact) mass is 302 g/mol. The number of carbonyl (C=O) groups excluding carboxylic acids is 1. The van der Waals surface area contributed by atoms with Gasteiger partial charge in [0.2, 0.25) is 11.9 Å². The van der Waals surface area contributed by atoms with Crippen LogP contribution in [0.3, 0.4) is 0 Å². The molecule has 3 rings (SSSR count). The van der Waals surface area contributed by atoms with Crippen molar-refractivity contribution in [2.75, 3.05) is 11.9 Å². The van der Waals surface area contributed by atoms with E-state index in [0.29, 0.717) is 12.0 Å². The summed E-state index contributed by atoms with van der Waals surface area (Å²) >= 11 is 1.76. The van der Waals surface area contributed by atoms with Gasteiger partial charge in [0.25, 0.3) is 0 Å². The van der Waals surface area contributed by atoms with Crippen molar-refractivity contribution in [3.63, 3.8) is 0 Å². The molecule has 1 N–H and O–H groups in total. The first kappa shape index (κ1) is 14.2. The first-order valence-corrected chi connectivity index (χ1v) is 8.00. The molecule has 0 aliphatic carbocycles. The van der Waals surface area contributed by atoms with Crippen LogP contribution < -0.4 is 5.32 Å². The summed E-state index contributed by atoms with van der Waals surface area (Å²) in [5.41, 5.74) is 0. The fourth-order valence-corrected chi connectivity index (χ4v) is 3.65. The van der Waals surface area contributed by atoms with Crippen LogP contribution in [0.1, 0.15) is 30.7 Å². The Morgan fingerprint density at radius 1 is 1.43 bits per heavy atom. The van der Waals surface area contributed by atoms with Crippen molar-refractivity contribution in [2.45, 2.75) is 31.8 Å². The predicted octanol–water partition coefficient (Wildman–Crippen LogP) is 2.70. The second kappa shape index (κ2) is 6.32. The summed E-state index contributed by atoms with van der Waals surface area (Å²) in [6, 6.07) is 6.11. The molecule has 2 aromatic rings. The lowest BCUT2D eigenvalue weighted by molar-refractivity contribution is -0.121. The van der Waals surface area contributed by atoms with Gasteiger partial charge in [0.15, 0.2) is 0 Å². The van der Waals surface area contributed by atoms with E-state index in [0.717, 1.165) is 19.4 Å². The number of aromatic nitrogens is 2. The summed E-state index contributed by atoms with van der Waals surface area (Å²) < 4.78 is 0. The highest BCUT2D eigenvalue weighted by Gasteiger charge is 2.33. The average molecular weight is 302 g/mol. The maximum Gasteiger partial charge on any atom is 0.243 e. The molecule has 1 saturated heterocycles. The van der Waals surface area contributed by atoms with Gasteiger partial charge in [0, 0.05) is 23.3 Å². The smallest absolute Gasteiger partial charge is 0.243 e. The minimum atomic E-state index is -0.191. The standard InChI is InChI=1S/C15H18N4OS/c1-11(14(20)18-15-16-7-4-8-17-15)19-9-2-5-12(19)13-6-3-10-21-13/h3-4,6-8,10-12H,2,5,9H2,1H3,(H,16,17,18,20)/t11-,12+/m1/s1. The van der Waals surface area contributed by atoms with E-state index in [1.165, 1.54) is 4.88 Å². The molecule has 1 fully saturated rings. The molecule has 0 bridgehead atoms. The summed E-state index contributed by atoms with van der Waals surface area (Å²) in [6.45, 7) is 2.90. The first-order valence-electron chi connectivity index (χ1n) is 7.13. The van der Waals surface area contributed by atoms with Crippen LogP contribution in [0.4, 0.5) is 5.95 Å². The summed E-state index contributed by atoms with van der Waals surface area (Å²) in [5.74, 6) is 0.311. The second-order valence-corrected chi connectivity index (χ2v) is 6.13. The van der Waals surface area contributed by atoms with E-state index in [4.69, 9.17) is 0 Å². The number of thiophene rings is 1. The average Bonchev–Trinajstić information content (AvgIpc) is 3.18. The van der Waals surface area contributed by atoms with Crippen LogP contribution in [0.25, 0.3) is 0 Å². The summed E-state index contributed by atoms with van der Waals surface area (Å²) in [7, 11) is 0. The maximum atomic E-state index is 12.4. The second-order valence-electron chi connectivity index (χ2n) is 5.15. The third-order valence-electron chi connectivity index (χ3n) is 3.84. The number of nitrogens with zero attached hydrogens (tertiary/aromatic N) is 3. The highest BCUT2D eigenvalue weighted by atomic mass is 32.1. The van der Waals surface area contributed by atoms with E-state index in [-0.39, 0.29) is 11.9 Å². The Bertz CT molecular complexity index is 587. The molecular formula is C15H18N4OS. The van der Waals surface area contributed by atoms with E-state index in [1.807, 2.05) is 6.92 Å². The molecule has 1 amide bonds.